The van der Waals surface area contributed by atoms with Crippen LogP contribution in [0, 0.1) is 19.7 Å². The summed E-state index contributed by atoms with van der Waals surface area (Å²) in [6, 6.07) is 2.98. The van der Waals surface area contributed by atoms with Crippen LogP contribution in [-0.4, -0.2) is 29.5 Å². The second kappa shape index (κ2) is 6.28. The second-order valence-electron chi connectivity index (χ2n) is 6.49. The van der Waals surface area contributed by atoms with Gasteiger partial charge in [-0.2, -0.15) is 0 Å². The average molecular weight is 324 g/mol. The van der Waals surface area contributed by atoms with Crippen LogP contribution in [0.2, 0.25) is 0 Å². The molecular formula is C18H28FNOP+. The van der Waals surface area contributed by atoms with E-state index in [-0.39, 0.29) is 16.9 Å². The van der Waals surface area contributed by atoms with Gasteiger partial charge in [-0.1, -0.05) is 0 Å². The summed E-state index contributed by atoms with van der Waals surface area (Å²) in [6.45, 7) is 10.4. The molecule has 0 aromatic heterocycles. The molecule has 1 saturated carbocycles. The lowest BCUT2D eigenvalue weighted by molar-refractivity contribution is -0.116. The van der Waals surface area contributed by atoms with Gasteiger partial charge in [0.2, 0.25) is 0 Å². The van der Waals surface area contributed by atoms with Gasteiger partial charge in [0, 0.05) is 25.8 Å². The molecule has 0 aliphatic heterocycles. The molecule has 0 atom stereocenters. The highest BCUT2D eigenvalue weighted by Crippen LogP contribution is 2.77. The van der Waals surface area contributed by atoms with Crippen LogP contribution in [0.1, 0.15) is 44.7 Å². The summed E-state index contributed by atoms with van der Waals surface area (Å²) in [7, 11) is -1.25. The van der Waals surface area contributed by atoms with Gasteiger partial charge in [0.25, 0.3) is 5.91 Å². The van der Waals surface area contributed by atoms with Crippen LogP contribution in [0.25, 0.3) is 0 Å². The highest BCUT2D eigenvalue weighted by atomic mass is 31.2. The smallest absolute Gasteiger partial charge is 0.268 e. The van der Waals surface area contributed by atoms with Crippen LogP contribution in [0.4, 0.5) is 10.1 Å². The number of rotatable bonds is 6. The summed E-state index contributed by atoms with van der Waals surface area (Å²) in [5.74, 6) is -0.0733. The van der Waals surface area contributed by atoms with Crippen molar-refractivity contribution < 1.29 is 9.18 Å². The van der Waals surface area contributed by atoms with Crippen LogP contribution in [0.5, 0.6) is 0 Å². The maximum Gasteiger partial charge on any atom is 0.268 e. The van der Waals surface area contributed by atoms with Crippen LogP contribution < -0.4 is 5.32 Å². The Balaban J connectivity index is 2.30. The Morgan fingerprint density at radius 2 is 1.59 bits per heavy atom. The molecule has 1 aromatic carbocycles. The minimum atomic E-state index is -1.25. The van der Waals surface area contributed by atoms with E-state index in [1.54, 1.807) is 0 Å². The molecule has 1 aromatic rings. The molecule has 0 unspecified atom stereocenters. The SMILES string of the molecule is CC[P+](CC)(CC)C1(C(=O)Nc2c(C)cc(F)cc2C)CC1. The fourth-order valence-corrected chi connectivity index (χ4v) is 8.66. The number of carbonyl (C=O) groups is 1. The van der Waals surface area contributed by atoms with Crippen molar-refractivity contribution in [1.29, 1.82) is 0 Å². The number of anilines is 1. The molecule has 1 N–H and O–H groups in total. The van der Waals surface area contributed by atoms with E-state index >= 15 is 0 Å². The quantitative estimate of drug-likeness (QED) is 0.734. The lowest BCUT2D eigenvalue weighted by atomic mass is 10.1. The van der Waals surface area contributed by atoms with Gasteiger partial charge in [-0.15, -0.1) is 0 Å². The van der Waals surface area contributed by atoms with Crippen LogP contribution >= 0.6 is 7.26 Å². The lowest BCUT2D eigenvalue weighted by Crippen LogP contribution is -2.35. The van der Waals surface area contributed by atoms with Crippen molar-refractivity contribution in [3.05, 3.63) is 29.1 Å². The second-order valence-corrected chi connectivity index (χ2v) is 11.5. The number of aryl methyl sites for hydroxylation is 2. The van der Waals surface area contributed by atoms with Gasteiger partial charge in [0.05, 0.1) is 18.5 Å². The molecule has 0 spiro atoms. The third-order valence-electron chi connectivity index (χ3n) is 5.61. The molecule has 0 radical (unpaired) electrons. The molecule has 22 heavy (non-hydrogen) atoms. The Hall–Kier alpha value is -0.950. The number of hydrogen-bond acceptors (Lipinski definition) is 1. The van der Waals surface area contributed by atoms with Crippen molar-refractivity contribution in [3.8, 4) is 0 Å². The number of amides is 1. The predicted octanol–water partition coefficient (Wildman–Crippen LogP) is 4.99. The van der Waals surface area contributed by atoms with Crippen LogP contribution in [0.3, 0.4) is 0 Å². The van der Waals surface area contributed by atoms with E-state index < -0.39 is 7.26 Å². The average Bonchev–Trinajstić information content (AvgIpc) is 3.27. The Morgan fingerprint density at radius 3 is 1.95 bits per heavy atom. The van der Waals surface area contributed by atoms with Crippen molar-refractivity contribution in [2.24, 2.45) is 0 Å². The van der Waals surface area contributed by atoms with Gasteiger partial charge in [0.15, 0.2) is 5.16 Å². The summed E-state index contributed by atoms with van der Waals surface area (Å²) in [6.07, 6.45) is 5.43. The van der Waals surface area contributed by atoms with E-state index in [1.165, 1.54) is 12.1 Å². The van der Waals surface area contributed by atoms with Crippen molar-refractivity contribution in [2.75, 3.05) is 23.8 Å². The van der Waals surface area contributed by atoms with Gasteiger partial charge < -0.3 is 5.32 Å². The molecule has 1 amide bonds. The minimum Gasteiger partial charge on any atom is -0.322 e. The Bertz CT molecular complexity index is 545. The van der Waals surface area contributed by atoms with Crippen molar-refractivity contribution in [2.45, 2.75) is 52.6 Å². The molecular weight excluding hydrogens is 296 g/mol. The molecule has 0 bridgehead atoms. The monoisotopic (exact) mass is 324 g/mol. The number of hydrogen-bond donors (Lipinski definition) is 1. The Kier molecular flexibility index (Phi) is 4.96. The molecule has 2 rings (SSSR count). The summed E-state index contributed by atoms with van der Waals surface area (Å²) < 4.78 is 13.4. The highest BCUT2D eigenvalue weighted by Gasteiger charge is 2.68. The summed E-state index contributed by atoms with van der Waals surface area (Å²) in [5, 5.41) is 3.01. The molecule has 1 fully saturated rings. The van der Waals surface area contributed by atoms with Gasteiger partial charge in [-0.3, -0.25) is 4.79 Å². The zero-order valence-electron chi connectivity index (χ0n) is 14.4. The third-order valence-corrected chi connectivity index (χ3v) is 11.7. The minimum absolute atomic E-state index is 0.126. The van der Waals surface area contributed by atoms with Gasteiger partial charge in [0.1, 0.15) is 5.82 Å². The van der Waals surface area contributed by atoms with Crippen LogP contribution in [0.15, 0.2) is 12.1 Å². The van der Waals surface area contributed by atoms with E-state index in [4.69, 9.17) is 0 Å². The molecule has 4 heteroatoms. The number of nitrogens with one attached hydrogen (secondary N) is 1. The van der Waals surface area contributed by atoms with Crippen molar-refractivity contribution in [1.82, 2.24) is 0 Å². The zero-order valence-corrected chi connectivity index (χ0v) is 15.3. The first-order valence-electron chi connectivity index (χ1n) is 8.30. The van der Waals surface area contributed by atoms with E-state index in [2.05, 4.69) is 26.1 Å². The molecule has 2 nitrogen and oxygen atoms in total. The normalized spacial score (nSPS) is 16.5. The first-order chi connectivity index (χ1) is 10.4. The van der Waals surface area contributed by atoms with Gasteiger partial charge in [-0.25, -0.2) is 4.39 Å². The number of halogens is 1. The predicted molar refractivity (Wildman–Crippen MR) is 95.0 cm³/mol. The summed E-state index contributed by atoms with van der Waals surface area (Å²) in [5.41, 5.74) is 2.39. The Morgan fingerprint density at radius 1 is 1.14 bits per heavy atom. The topological polar surface area (TPSA) is 29.1 Å². The number of carbonyl (C=O) groups excluding carboxylic acids is 1. The van der Waals surface area contributed by atoms with Crippen molar-refractivity contribution >= 4 is 18.9 Å². The molecule has 0 heterocycles. The van der Waals surface area contributed by atoms with E-state index in [0.29, 0.717) is 0 Å². The first kappa shape index (κ1) is 17.4. The maximum atomic E-state index is 13.4. The molecule has 1 aliphatic rings. The number of benzene rings is 1. The molecule has 122 valence electrons. The summed E-state index contributed by atoms with van der Waals surface area (Å²) in [4.78, 5) is 13.0. The first-order valence-corrected chi connectivity index (χ1v) is 10.6. The van der Waals surface area contributed by atoms with Gasteiger partial charge in [-0.05, 0) is 57.9 Å². The fourth-order valence-electron chi connectivity index (χ4n) is 3.95. The standard InChI is InChI=1S/C18H27FNOP/c1-6-22(7-2,8-3)18(9-10-18)17(21)20-16-13(4)11-15(19)12-14(16)5/h11-12H,6-10H2,1-5H3/p+1. The van der Waals surface area contributed by atoms with Crippen molar-refractivity contribution in [3.63, 3.8) is 0 Å². The largest absolute Gasteiger partial charge is 0.322 e. The van der Waals surface area contributed by atoms with E-state index in [0.717, 1.165) is 48.1 Å². The molecule has 0 saturated heterocycles. The van der Waals surface area contributed by atoms with Crippen LogP contribution in [-0.2, 0) is 4.79 Å². The lowest BCUT2D eigenvalue weighted by Gasteiger charge is -2.32. The zero-order chi connectivity index (χ0) is 16.5. The highest BCUT2D eigenvalue weighted by molar-refractivity contribution is 7.78. The fraction of sp³-hybridized carbons (Fsp3) is 0.611. The maximum absolute atomic E-state index is 13.4. The molecule has 1 aliphatic carbocycles. The van der Waals surface area contributed by atoms with E-state index in [1.807, 2.05) is 13.8 Å². The third kappa shape index (κ3) is 2.69. The Labute approximate surface area is 134 Å². The summed E-state index contributed by atoms with van der Waals surface area (Å²) >= 11 is 0. The van der Waals surface area contributed by atoms with Gasteiger partial charge >= 0.3 is 0 Å². The van der Waals surface area contributed by atoms with E-state index in [9.17, 15) is 9.18 Å².